The third kappa shape index (κ3) is 5.70. The van der Waals surface area contributed by atoms with Gasteiger partial charge in [0.05, 0.1) is 0 Å². The molecule has 0 spiro atoms. The summed E-state index contributed by atoms with van der Waals surface area (Å²) in [7, 11) is 0. The summed E-state index contributed by atoms with van der Waals surface area (Å²) in [6.45, 7) is 0. The Morgan fingerprint density at radius 1 is 0.551 bits per heavy atom. The summed E-state index contributed by atoms with van der Waals surface area (Å²) < 4.78 is 6.53. The number of hydrogen-bond donors (Lipinski definition) is 0. The Kier molecular flexibility index (Phi) is 7.55. The molecule has 3 aliphatic carbocycles. The van der Waals surface area contributed by atoms with Gasteiger partial charge in [-0.25, -0.2) is 15.0 Å². The smallest absolute Gasteiger partial charge is 0.164 e. The van der Waals surface area contributed by atoms with Gasteiger partial charge in [0.1, 0.15) is 11.9 Å². The maximum atomic E-state index is 6.53. The fourth-order valence-electron chi connectivity index (χ4n) is 7.32. The minimum absolute atomic E-state index is 0.0340. The molecule has 9 rings (SSSR count). The van der Waals surface area contributed by atoms with Crippen LogP contribution < -0.4 is 4.74 Å². The lowest BCUT2D eigenvalue weighted by atomic mass is 9.84. The lowest BCUT2D eigenvalue weighted by Crippen LogP contribution is -2.17. The molecule has 1 aliphatic heterocycles. The Balaban J connectivity index is 1.09. The SMILES string of the molecule is C1=CC(C2C=CC(c3nc(-c4ccccc4)nc(-c4cccc5c4C4C=C(c6ccc(-c7ccccc7)cc6)C=CC4O5)n3)=CC2)=CCC1. The van der Waals surface area contributed by atoms with Crippen molar-refractivity contribution in [2.24, 2.45) is 5.92 Å². The van der Waals surface area contributed by atoms with Gasteiger partial charge in [-0.15, -0.1) is 0 Å². The molecule has 4 aliphatic rings. The number of rotatable bonds is 6. The molecule has 49 heavy (non-hydrogen) atoms. The van der Waals surface area contributed by atoms with Gasteiger partial charge in [-0.2, -0.15) is 0 Å². The summed E-state index contributed by atoms with van der Waals surface area (Å²) in [5, 5.41) is 0. The molecule has 1 aromatic heterocycles. The lowest BCUT2D eigenvalue weighted by molar-refractivity contribution is 0.269. The van der Waals surface area contributed by atoms with E-state index in [2.05, 4.69) is 134 Å². The van der Waals surface area contributed by atoms with E-state index in [9.17, 15) is 0 Å². The highest BCUT2D eigenvalue weighted by molar-refractivity contribution is 5.81. The Hall–Kier alpha value is -5.87. The van der Waals surface area contributed by atoms with Crippen molar-refractivity contribution in [3.63, 3.8) is 0 Å². The van der Waals surface area contributed by atoms with Gasteiger partial charge in [0.15, 0.2) is 17.5 Å². The van der Waals surface area contributed by atoms with Crippen molar-refractivity contribution in [1.29, 1.82) is 0 Å². The van der Waals surface area contributed by atoms with Crippen molar-refractivity contribution in [2.75, 3.05) is 0 Å². The fraction of sp³-hybridized carbons (Fsp3) is 0.133. The Labute approximate surface area is 287 Å². The summed E-state index contributed by atoms with van der Waals surface area (Å²) >= 11 is 0. The summed E-state index contributed by atoms with van der Waals surface area (Å²) in [6, 6.07) is 35.8. The van der Waals surface area contributed by atoms with Gasteiger partial charge in [0.2, 0.25) is 0 Å². The molecule has 0 radical (unpaired) electrons. The minimum Gasteiger partial charge on any atom is -0.485 e. The molecule has 0 saturated carbocycles. The third-order valence-electron chi connectivity index (χ3n) is 9.88. The number of benzene rings is 4. The van der Waals surface area contributed by atoms with Crippen LogP contribution in [0.5, 0.6) is 5.75 Å². The second kappa shape index (κ2) is 12.6. The van der Waals surface area contributed by atoms with E-state index in [1.165, 1.54) is 27.8 Å². The van der Waals surface area contributed by atoms with Crippen LogP contribution >= 0.6 is 0 Å². The van der Waals surface area contributed by atoms with Gasteiger partial charge in [-0.3, -0.25) is 0 Å². The number of fused-ring (bicyclic) bond motifs is 3. The fourth-order valence-corrected chi connectivity index (χ4v) is 7.32. The molecule has 3 unspecified atom stereocenters. The van der Waals surface area contributed by atoms with E-state index in [0.717, 1.165) is 47.3 Å². The van der Waals surface area contributed by atoms with Crippen molar-refractivity contribution in [1.82, 2.24) is 15.0 Å². The summed E-state index contributed by atoms with van der Waals surface area (Å²) in [6.07, 6.45) is 23.5. The zero-order chi connectivity index (χ0) is 32.6. The molecule has 0 fully saturated rings. The van der Waals surface area contributed by atoms with Crippen LogP contribution in [0.1, 0.15) is 42.1 Å². The third-order valence-corrected chi connectivity index (χ3v) is 9.88. The highest BCUT2D eigenvalue weighted by atomic mass is 16.5. The first-order valence-electron chi connectivity index (χ1n) is 17.2. The zero-order valence-electron chi connectivity index (χ0n) is 27.1. The summed E-state index contributed by atoms with van der Waals surface area (Å²) in [5.74, 6) is 3.32. The Morgan fingerprint density at radius 2 is 1.27 bits per heavy atom. The molecular weight excluding hydrogens is 599 g/mol. The van der Waals surface area contributed by atoms with Crippen molar-refractivity contribution < 1.29 is 4.74 Å². The van der Waals surface area contributed by atoms with Gasteiger partial charge in [-0.1, -0.05) is 146 Å². The van der Waals surface area contributed by atoms with Crippen LogP contribution in [0.3, 0.4) is 0 Å². The molecule has 5 aromatic rings. The number of nitrogens with zero attached hydrogens (tertiary/aromatic N) is 3. The molecule has 0 amide bonds. The van der Waals surface area contributed by atoms with Crippen LogP contribution in [0.25, 0.3) is 45.0 Å². The molecule has 4 heteroatoms. The van der Waals surface area contributed by atoms with Crippen LogP contribution in [-0.4, -0.2) is 21.1 Å². The topological polar surface area (TPSA) is 47.9 Å². The molecule has 2 heterocycles. The number of ether oxygens (including phenoxy) is 1. The van der Waals surface area contributed by atoms with E-state index in [1.807, 2.05) is 24.3 Å². The summed E-state index contributed by atoms with van der Waals surface area (Å²) in [4.78, 5) is 15.3. The van der Waals surface area contributed by atoms with Crippen molar-refractivity contribution >= 4 is 11.1 Å². The van der Waals surface area contributed by atoms with Crippen LogP contribution in [0.15, 0.2) is 163 Å². The normalized spacial score (nSPS) is 20.5. The quantitative estimate of drug-likeness (QED) is 0.187. The molecule has 236 valence electrons. The second-order valence-electron chi connectivity index (χ2n) is 13.0. The van der Waals surface area contributed by atoms with Gasteiger partial charge in [0.25, 0.3) is 0 Å². The first-order valence-corrected chi connectivity index (χ1v) is 17.2. The van der Waals surface area contributed by atoms with Crippen LogP contribution in [-0.2, 0) is 0 Å². The van der Waals surface area contributed by atoms with E-state index in [-0.39, 0.29) is 12.0 Å². The average molecular weight is 634 g/mol. The monoisotopic (exact) mass is 633 g/mol. The maximum Gasteiger partial charge on any atom is 0.164 e. The highest BCUT2D eigenvalue weighted by Crippen LogP contribution is 2.47. The number of hydrogen-bond acceptors (Lipinski definition) is 4. The second-order valence-corrected chi connectivity index (χ2v) is 13.0. The van der Waals surface area contributed by atoms with E-state index in [0.29, 0.717) is 23.4 Å². The van der Waals surface area contributed by atoms with Crippen LogP contribution in [0.4, 0.5) is 0 Å². The maximum absolute atomic E-state index is 6.53. The molecular formula is C45H35N3O. The van der Waals surface area contributed by atoms with Crippen molar-refractivity contribution in [2.45, 2.75) is 31.3 Å². The predicted octanol–water partition coefficient (Wildman–Crippen LogP) is 10.6. The molecule has 4 nitrogen and oxygen atoms in total. The van der Waals surface area contributed by atoms with E-state index < -0.39 is 0 Å². The van der Waals surface area contributed by atoms with Crippen LogP contribution in [0.2, 0.25) is 0 Å². The van der Waals surface area contributed by atoms with E-state index in [1.54, 1.807) is 0 Å². The largest absolute Gasteiger partial charge is 0.485 e. The van der Waals surface area contributed by atoms with Gasteiger partial charge in [0, 0.05) is 34.1 Å². The lowest BCUT2D eigenvalue weighted by Gasteiger charge is -2.20. The molecule has 0 N–H and O–H groups in total. The molecule has 3 atom stereocenters. The first-order chi connectivity index (χ1) is 24.3. The Bertz CT molecular complexity index is 2220. The molecule has 0 saturated heterocycles. The van der Waals surface area contributed by atoms with Gasteiger partial charge in [-0.05, 0) is 59.2 Å². The molecule has 0 bridgehead atoms. The Morgan fingerprint density at radius 3 is 2.02 bits per heavy atom. The van der Waals surface area contributed by atoms with Crippen molar-refractivity contribution in [3.05, 3.63) is 180 Å². The number of allylic oxidation sites excluding steroid dienone is 10. The predicted molar refractivity (Wildman–Crippen MR) is 199 cm³/mol. The highest BCUT2D eigenvalue weighted by Gasteiger charge is 2.36. The summed E-state index contributed by atoms with van der Waals surface area (Å²) in [5.41, 5.74) is 10.3. The van der Waals surface area contributed by atoms with E-state index in [4.69, 9.17) is 19.7 Å². The molecule has 4 aromatic carbocycles. The van der Waals surface area contributed by atoms with Gasteiger partial charge < -0.3 is 4.74 Å². The minimum atomic E-state index is -0.0811. The van der Waals surface area contributed by atoms with Crippen LogP contribution in [0, 0.1) is 5.92 Å². The average Bonchev–Trinajstić information content (AvgIpc) is 3.57. The standard InChI is InChI=1S/C45H35N3O/c1-4-11-30(12-5-1)32-19-21-34(22-20-32)37-27-28-40-39(29-37)42-38(17-10-18-41(42)49-40)45-47-43(35-15-8-3-9-16-35)46-44(48-45)36-25-23-33(24-26-36)31-13-6-2-7-14-31/h1,3-6,8-23,25-29,33,39-40H,2,7,24H2. The van der Waals surface area contributed by atoms with Gasteiger partial charge >= 0.3 is 0 Å². The van der Waals surface area contributed by atoms with Crippen molar-refractivity contribution in [3.8, 4) is 39.7 Å². The number of aromatic nitrogens is 3. The zero-order valence-corrected chi connectivity index (χ0v) is 27.1. The first kappa shape index (κ1) is 29.3. The van der Waals surface area contributed by atoms with E-state index >= 15 is 0 Å².